The summed E-state index contributed by atoms with van der Waals surface area (Å²) in [6.07, 6.45) is 9.91. The fraction of sp³-hybridized carbons (Fsp3) is 0.231. The van der Waals surface area contributed by atoms with Crippen molar-refractivity contribution in [2.24, 2.45) is 11.7 Å². The summed E-state index contributed by atoms with van der Waals surface area (Å²) < 4.78 is 0. The molecule has 0 spiro atoms. The molecule has 16 heavy (non-hydrogen) atoms. The lowest BCUT2D eigenvalue weighted by molar-refractivity contribution is 0.400. The van der Waals surface area contributed by atoms with Crippen molar-refractivity contribution in [3.05, 3.63) is 58.0 Å². The van der Waals surface area contributed by atoms with E-state index in [1.54, 1.807) is 6.08 Å². The average molecular weight is 236 g/mol. The molecule has 1 atom stereocenters. The molecule has 0 saturated carbocycles. The molecule has 0 aromatic carbocycles. The van der Waals surface area contributed by atoms with Crippen LogP contribution in [0.2, 0.25) is 0 Å². The molecule has 2 nitrogen and oxygen atoms in total. The molecule has 0 radical (unpaired) electrons. The first-order valence-corrected chi connectivity index (χ1v) is 5.57. The highest BCUT2D eigenvalue weighted by atomic mass is 35.5. The van der Waals surface area contributed by atoms with Crippen molar-refractivity contribution in [3.63, 3.8) is 0 Å². The van der Waals surface area contributed by atoms with Crippen molar-refractivity contribution in [2.75, 3.05) is 0 Å². The van der Waals surface area contributed by atoms with Crippen LogP contribution in [-0.2, 0) is 0 Å². The van der Waals surface area contributed by atoms with Crippen LogP contribution in [0.15, 0.2) is 58.0 Å². The number of aliphatic hydroxyl groups is 1. The largest absolute Gasteiger partial charge is 0.512 e. The predicted octanol–water partition coefficient (Wildman–Crippen LogP) is 3.30. The maximum absolute atomic E-state index is 9.48. The number of fused-ring (bicyclic) bond motifs is 1. The third kappa shape index (κ3) is 1.93. The molecule has 0 saturated heterocycles. The van der Waals surface area contributed by atoms with E-state index >= 15 is 0 Å². The number of allylic oxidation sites excluding steroid dienone is 8. The van der Waals surface area contributed by atoms with Gasteiger partial charge in [0.2, 0.25) is 0 Å². The molecule has 0 fully saturated rings. The summed E-state index contributed by atoms with van der Waals surface area (Å²) in [4.78, 5) is 0. The van der Waals surface area contributed by atoms with Gasteiger partial charge in [-0.05, 0) is 24.6 Å². The van der Waals surface area contributed by atoms with E-state index in [1.165, 1.54) is 0 Å². The van der Waals surface area contributed by atoms with Gasteiger partial charge in [-0.3, -0.25) is 0 Å². The Bertz CT molecular complexity index is 466. The Morgan fingerprint density at radius 1 is 1.50 bits per heavy atom. The van der Waals surface area contributed by atoms with Gasteiger partial charge in [-0.15, -0.1) is 0 Å². The summed E-state index contributed by atoms with van der Waals surface area (Å²) >= 11 is 6.05. The molecular weight excluding hydrogens is 222 g/mol. The average Bonchev–Trinajstić information content (AvgIpc) is 2.21. The Labute approximate surface area is 100 Å². The highest BCUT2D eigenvalue weighted by Gasteiger charge is 2.22. The summed E-state index contributed by atoms with van der Waals surface area (Å²) in [6, 6.07) is 0. The van der Waals surface area contributed by atoms with Gasteiger partial charge >= 0.3 is 0 Å². The molecule has 0 amide bonds. The highest BCUT2D eigenvalue weighted by Crippen LogP contribution is 2.35. The Balaban J connectivity index is 2.50. The second kappa shape index (κ2) is 4.22. The van der Waals surface area contributed by atoms with Crippen molar-refractivity contribution >= 4 is 11.6 Å². The van der Waals surface area contributed by atoms with Gasteiger partial charge in [-0.2, -0.15) is 0 Å². The molecular formula is C13H14ClNO. The number of halogens is 1. The van der Waals surface area contributed by atoms with Crippen molar-refractivity contribution in [1.82, 2.24) is 0 Å². The monoisotopic (exact) mass is 235 g/mol. The molecule has 0 aliphatic heterocycles. The van der Waals surface area contributed by atoms with Crippen LogP contribution < -0.4 is 5.73 Å². The minimum atomic E-state index is 0.173. The topological polar surface area (TPSA) is 46.2 Å². The summed E-state index contributed by atoms with van der Waals surface area (Å²) in [5.74, 6) is 0.505. The van der Waals surface area contributed by atoms with Crippen LogP contribution in [0.4, 0.5) is 0 Å². The molecule has 0 aromatic rings. The molecule has 3 heteroatoms. The van der Waals surface area contributed by atoms with Gasteiger partial charge in [-0.25, -0.2) is 0 Å². The van der Waals surface area contributed by atoms with Gasteiger partial charge in [-0.1, -0.05) is 35.4 Å². The molecule has 2 rings (SSSR count). The highest BCUT2D eigenvalue weighted by molar-refractivity contribution is 6.32. The maximum Gasteiger partial charge on any atom is 0.0960 e. The van der Waals surface area contributed by atoms with Crippen molar-refractivity contribution in [2.45, 2.75) is 13.3 Å². The molecule has 0 heterocycles. The van der Waals surface area contributed by atoms with Gasteiger partial charge < -0.3 is 10.8 Å². The van der Waals surface area contributed by atoms with Gasteiger partial charge in [0, 0.05) is 12.3 Å². The molecule has 0 bridgehead atoms. The standard InChI is InChI=1S/C13H14ClNO/c1-8-7-12(14)13(15)11-6-5-9(16)3-2-4-10(8)11/h2-4,6-7,10,16H,5,15H2,1H3/b4-2?,9-3+,11-6+. The van der Waals surface area contributed by atoms with Gasteiger partial charge in [0.1, 0.15) is 0 Å². The second-order valence-electron chi connectivity index (χ2n) is 4.03. The normalized spacial score (nSPS) is 31.6. The van der Waals surface area contributed by atoms with E-state index < -0.39 is 0 Å². The Morgan fingerprint density at radius 3 is 3.00 bits per heavy atom. The van der Waals surface area contributed by atoms with Crippen LogP contribution in [0.1, 0.15) is 13.3 Å². The lowest BCUT2D eigenvalue weighted by atomic mass is 9.84. The van der Waals surface area contributed by atoms with Crippen LogP contribution in [0.5, 0.6) is 0 Å². The molecule has 2 aliphatic rings. The molecule has 84 valence electrons. The number of nitrogens with two attached hydrogens (primary N) is 1. The van der Waals surface area contributed by atoms with Crippen LogP contribution >= 0.6 is 11.6 Å². The lowest BCUT2D eigenvalue weighted by Gasteiger charge is -2.24. The van der Waals surface area contributed by atoms with E-state index in [0.717, 1.165) is 11.1 Å². The zero-order valence-electron chi connectivity index (χ0n) is 9.07. The third-order valence-electron chi connectivity index (χ3n) is 2.87. The molecule has 2 aliphatic carbocycles. The first kappa shape index (κ1) is 11.1. The van der Waals surface area contributed by atoms with Crippen molar-refractivity contribution < 1.29 is 5.11 Å². The zero-order valence-corrected chi connectivity index (χ0v) is 9.83. The van der Waals surface area contributed by atoms with Crippen molar-refractivity contribution in [3.8, 4) is 0 Å². The lowest BCUT2D eigenvalue weighted by Crippen LogP contribution is -2.16. The summed E-state index contributed by atoms with van der Waals surface area (Å²) in [5, 5.41) is 10.1. The number of hydrogen-bond donors (Lipinski definition) is 2. The van der Waals surface area contributed by atoms with Crippen LogP contribution in [0.25, 0.3) is 0 Å². The number of rotatable bonds is 0. The van der Waals surface area contributed by atoms with Crippen LogP contribution in [0.3, 0.4) is 0 Å². The summed E-state index contributed by atoms with van der Waals surface area (Å²) in [7, 11) is 0. The first-order chi connectivity index (χ1) is 7.59. The van der Waals surface area contributed by atoms with Gasteiger partial charge in [0.25, 0.3) is 0 Å². The maximum atomic E-state index is 9.48. The summed E-state index contributed by atoms with van der Waals surface area (Å²) in [5.41, 5.74) is 8.72. The van der Waals surface area contributed by atoms with Crippen LogP contribution in [-0.4, -0.2) is 5.11 Å². The SMILES string of the molecule is CC1=CC(Cl)=C(N)/C2=C/C/C(O)=C\C=CC12. The molecule has 0 aromatic heterocycles. The number of hydrogen-bond acceptors (Lipinski definition) is 2. The third-order valence-corrected chi connectivity index (χ3v) is 3.18. The van der Waals surface area contributed by atoms with Gasteiger partial charge in [0.05, 0.1) is 16.5 Å². The smallest absolute Gasteiger partial charge is 0.0960 e. The van der Waals surface area contributed by atoms with E-state index in [9.17, 15) is 5.11 Å². The Kier molecular flexibility index (Phi) is 2.92. The quantitative estimate of drug-likeness (QED) is 0.677. The minimum Gasteiger partial charge on any atom is -0.512 e. The van der Waals surface area contributed by atoms with E-state index in [-0.39, 0.29) is 5.92 Å². The van der Waals surface area contributed by atoms with Gasteiger partial charge in [0.15, 0.2) is 0 Å². The Morgan fingerprint density at radius 2 is 2.25 bits per heavy atom. The number of aliphatic hydroxyl groups excluding tert-OH is 1. The Hall–Kier alpha value is -1.41. The molecule has 3 N–H and O–H groups in total. The van der Waals surface area contributed by atoms with Crippen molar-refractivity contribution in [1.29, 1.82) is 0 Å². The fourth-order valence-corrected chi connectivity index (χ4v) is 2.25. The second-order valence-corrected chi connectivity index (χ2v) is 4.44. The fourth-order valence-electron chi connectivity index (χ4n) is 1.97. The van der Waals surface area contributed by atoms with E-state index in [4.69, 9.17) is 17.3 Å². The summed E-state index contributed by atoms with van der Waals surface area (Å²) in [6.45, 7) is 2.03. The van der Waals surface area contributed by atoms with Crippen LogP contribution in [0, 0.1) is 5.92 Å². The zero-order chi connectivity index (χ0) is 11.7. The van der Waals surface area contributed by atoms with E-state index in [1.807, 2.05) is 31.2 Å². The first-order valence-electron chi connectivity index (χ1n) is 5.20. The van der Waals surface area contributed by atoms with E-state index in [0.29, 0.717) is 22.9 Å². The minimum absolute atomic E-state index is 0.173. The predicted molar refractivity (Wildman–Crippen MR) is 66.9 cm³/mol. The molecule has 1 unspecified atom stereocenters. The van der Waals surface area contributed by atoms with E-state index in [2.05, 4.69) is 0 Å².